The van der Waals surface area contributed by atoms with E-state index in [1.165, 1.54) is 40.8 Å². The fraction of sp³-hybridized carbons (Fsp3) is 0.368. The lowest BCUT2D eigenvalue weighted by molar-refractivity contribution is 0.763. The van der Waals surface area contributed by atoms with Gasteiger partial charge in [-0.1, -0.05) is 36.4 Å². The fourth-order valence-electron chi connectivity index (χ4n) is 3.30. The molecule has 3 rings (SSSR count). The second-order valence-corrected chi connectivity index (χ2v) is 5.95. The number of nitrogens with zero attached hydrogens (tertiary/aromatic N) is 1. The largest absolute Gasteiger partial charge is 0.367 e. The topological polar surface area (TPSA) is 29.3 Å². The molecule has 0 amide bonds. The van der Waals surface area contributed by atoms with Crippen LogP contribution in [0.1, 0.15) is 28.7 Å². The first-order chi connectivity index (χ1) is 10.3. The van der Waals surface area contributed by atoms with Crippen molar-refractivity contribution in [1.29, 1.82) is 0 Å². The van der Waals surface area contributed by atoms with E-state index in [2.05, 4.69) is 54.3 Å². The first kappa shape index (κ1) is 14.2. The predicted octanol–water partition coefficient (Wildman–Crippen LogP) is 3.45. The number of aryl methyl sites for hydroxylation is 2. The van der Waals surface area contributed by atoms with E-state index < -0.39 is 0 Å². The van der Waals surface area contributed by atoms with Crippen LogP contribution in [0.2, 0.25) is 0 Å². The van der Waals surface area contributed by atoms with Gasteiger partial charge < -0.3 is 10.6 Å². The highest BCUT2D eigenvalue weighted by Crippen LogP contribution is 2.27. The number of rotatable bonds is 3. The van der Waals surface area contributed by atoms with Gasteiger partial charge in [0, 0.05) is 18.8 Å². The summed E-state index contributed by atoms with van der Waals surface area (Å²) in [6, 6.07) is 15.6. The standard InChI is InChI=1S/C19H24N2/c1-15-13-16(10-11-20)8-9-19(15)21-12-4-7-17-5-2-3-6-18(17)14-21/h2-3,5-6,8-9,13H,4,7,10-12,14,20H2,1H3. The minimum atomic E-state index is 0.718. The molecule has 1 heterocycles. The van der Waals surface area contributed by atoms with Crippen LogP contribution in [0.5, 0.6) is 0 Å². The molecule has 0 unspecified atom stereocenters. The molecule has 0 saturated heterocycles. The van der Waals surface area contributed by atoms with E-state index in [1.54, 1.807) is 0 Å². The molecule has 0 fully saturated rings. The Kier molecular flexibility index (Phi) is 4.26. The van der Waals surface area contributed by atoms with Crippen LogP contribution in [0.15, 0.2) is 42.5 Å². The molecule has 0 spiro atoms. The van der Waals surface area contributed by atoms with Crippen LogP contribution >= 0.6 is 0 Å². The second-order valence-electron chi connectivity index (χ2n) is 5.95. The maximum absolute atomic E-state index is 5.65. The lowest BCUT2D eigenvalue weighted by Gasteiger charge is -2.25. The average molecular weight is 280 g/mol. The van der Waals surface area contributed by atoms with Crippen LogP contribution in [0, 0.1) is 6.92 Å². The summed E-state index contributed by atoms with van der Waals surface area (Å²) in [4.78, 5) is 2.52. The van der Waals surface area contributed by atoms with Crippen LogP contribution < -0.4 is 10.6 Å². The highest BCUT2D eigenvalue weighted by molar-refractivity contribution is 5.55. The molecule has 0 atom stereocenters. The van der Waals surface area contributed by atoms with E-state index in [0.717, 1.165) is 26.1 Å². The molecule has 0 aromatic heterocycles. The molecule has 0 bridgehead atoms. The Bertz CT molecular complexity index is 619. The van der Waals surface area contributed by atoms with Gasteiger partial charge in [-0.25, -0.2) is 0 Å². The van der Waals surface area contributed by atoms with Crippen LogP contribution in [0.3, 0.4) is 0 Å². The number of hydrogen-bond acceptors (Lipinski definition) is 2. The third kappa shape index (κ3) is 3.11. The molecule has 2 N–H and O–H groups in total. The van der Waals surface area contributed by atoms with E-state index in [9.17, 15) is 0 Å². The van der Waals surface area contributed by atoms with Gasteiger partial charge in [-0.15, -0.1) is 0 Å². The van der Waals surface area contributed by atoms with Crippen molar-refractivity contribution in [3.05, 3.63) is 64.7 Å². The van der Waals surface area contributed by atoms with E-state index in [4.69, 9.17) is 5.73 Å². The average Bonchev–Trinajstić information content (AvgIpc) is 2.70. The van der Waals surface area contributed by atoms with Gasteiger partial charge in [0.05, 0.1) is 0 Å². The zero-order valence-corrected chi connectivity index (χ0v) is 12.8. The van der Waals surface area contributed by atoms with E-state index >= 15 is 0 Å². The molecule has 2 nitrogen and oxygen atoms in total. The third-order valence-electron chi connectivity index (χ3n) is 4.39. The zero-order valence-electron chi connectivity index (χ0n) is 12.8. The van der Waals surface area contributed by atoms with Crippen LogP contribution in [0.25, 0.3) is 0 Å². The van der Waals surface area contributed by atoms with E-state index in [0.29, 0.717) is 0 Å². The Labute approximate surface area is 127 Å². The van der Waals surface area contributed by atoms with E-state index in [-0.39, 0.29) is 0 Å². The van der Waals surface area contributed by atoms with Gasteiger partial charge in [-0.05, 0) is 61.1 Å². The molecule has 1 aliphatic rings. The summed E-state index contributed by atoms with van der Waals surface area (Å²) in [5, 5.41) is 0. The van der Waals surface area contributed by atoms with Gasteiger partial charge in [0.1, 0.15) is 0 Å². The number of nitrogens with two attached hydrogens (primary N) is 1. The fourth-order valence-corrected chi connectivity index (χ4v) is 3.30. The van der Waals surface area contributed by atoms with Crippen molar-refractivity contribution in [3.63, 3.8) is 0 Å². The minimum absolute atomic E-state index is 0.718. The Balaban J connectivity index is 1.87. The first-order valence-electron chi connectivity index (χ1n) is 7.89. The summed E-state index contributed by atoms with van der Waals surface area (Å²) in [7, 11) is 0. The number of hydrogen-bond donors (Lipinski definition) is 1. The molecule has 2 heteroatoms. The monoisotopic (exact) mass is 280 g/mol. The maximum Gasteiger partial charge on any atom is 0.0432 e. The molecular formula is C19H24N2. The van der Waals surface area contributed by atoms with Crippen molar-refractivity contribution < 1.29 is 0 Å². The van der Waals surface area contributed by atoms with Crippen molar-refractivity contribution in [2.24, 2.45) is 5.73 Å². The van der Waals surface area contributed by atoms with Gasteiger partial charge in [0.15, 0.2) is 0 Å². The van der Waals surface area contributed by atoms with Crippen LogP contribution in [0.4, 0.5) is 5.69 Å². The van der Waals surface area contributed by atoms with Crippen molar-refractivity contribution in [3.8, 4) is 0 Å². The minimum Gasteiger partial charge on any atom is -0.367 e. The molecule has 110 valence electrons. The van der Waals surface area contributed by atoms with Crippen molar-refractivity contribution in [2.75, 3.05) is 18.0 Å². The van der Waals surface area contributed by atoms with Gasteiger partial charge >= 0.3 is 0 Å². The highest BCUT2D eigenvalue weighted by Gasteiger charge is 2.15. The number of fused-ring (bicyclic) bond motifs is 1. The van der Waals surface area contributed by atoms with Gasteiger partial charge in [-0.2, -0.15) is 0 Å². The second kappa shape index (κ2) is 6.31. The smallest absolute Gasteiger partial charge is 0.0432 e. The summed E-state index contributed by atoms with van der Waals surface area (Å²) >= 11 is 0. The lowest BCUT2D eigenvalue weighted by atomic mass is 10.0. The van der Waals surface area contributed by atoms with Gasteiger partial charge in [0.25, 0.3) is 0 Å². The molecule has 2 aromatic rings. The lowest BCUT2D eigenvalue weighted by Crippen LogP contribution is -2.23. The quantitative estimate of drug-likeness (QED) is 0.933. The molecule has 0 aliphatic carbocycles. The third-order valence-corrected chi connectivity index (χ3v) is 4.39. The Morgan fingerprint density at radius 1 is 1.10 bits per heavy atom. The Hall–Kier alpha value is -1.80. The van der Waals surface area contributed by atoms with Crippen LogP contribution in [-0.2, 0) is 19.4 Å². The van der Waals surface area contributed by atoms with Crippen LogP contribution in [-0.4, -0.2) is 13.1 Å². The van der Waals surface area contributed by atoms with Crippen molar-refractivity contribution >= 4 is 5.69 Å². The summed E-state index contributed by atoms with van der Waals surface area (Å²) in [5.41, 5.74) is 12.7. The summed E-state index contributed by atoms with van der Waals surface area (Å²) in [5.74, 6) is 0. The summed E-state index contributed by atoms with van der Waals surface area (Å²) in [6.07, 6.45) is 3.38. The SMILES string of the molecule is Cc1cc(CCN)ccc1N1CCCc2ccccc2C1. The molecule has 2 aromatic carbocycles. The molecular weight excluding hydrogens is 256 g/mol. The normalized spacial score (nSPS) is 14.7. The van der Waals surface area contributed by atoms with Gasteiger partial charge in [-0.3, -0.25) is 0 Å². The van der Waals surface area contributed by atoms with Gasteiger partial charge in [0.2, 0.25) is 0 Å². The molecule has 21 heavy (non-hydrogen) atoms. The highest BCUT2D eigenvalue weighted by atomic mass is 15.1. The first-order valence-corrected chi connectivity index (χ1v) is 7.89. The summed E-state index contributed by atoms with van der Waals surface area (Å²) in [6.45, 7) is 5.08. The number of benzene rings is 2. The predicted molar refractivity (Wildman–Crippen MR) is 89.8 cm³/mol. The molecule has 1 aliphatic heterocycles. The number of anilines is 1. The maximum atomic E-state index is 5.65. The Morgan fingerprint density at radius 2 is 1.90 bits per heavy atom. The van der Waals surface area contributed by atoms with Crippen molar-refractivity contribution in [2.45, 2.75) is 32.7 Å². The Morgan fingerprint density at radius 3 is 2.67 bits per heavy atom. The zero-order chi connectivity index (χ0) is 14.7. The van der Waals surface area contributed by atoms with E-state index in [1.807, 2.05) is 0 Å². The van der Waals surface area contributed by atoms with Crippen molar-refractivity contribution in [1.82, 2.24) is 0 Å². The molecule has 0 saturated carbocycles. The summed E-state index contributed by atoms with van der Waals surface area (Å²) < 4.78 is 0. The molecule has 0 radical (unpaired) electrons.